The fourth-order valence-electron chi connectivity index (χ4n) is 3.05. The number of carbonyl (C=O) groups is 2. The molecule has 1 saturated heterocycles. The third kappa shape index (κ3) is 2.40. The molecular weight excluding hydrogens is 294 g/mol. The van der Waals surface area contributed by atoms with Crippen molar-refractivity contribution < 1.29 is 24.2 Å². The van der Waals surface area contributed by atoms with Gasteiger partial charge in [0.25, 0.3) is 0 Å². The van der Waals surface area contributed by atoms with Crippen molar-refractivity contribution in [1.82, 2.24) is 4.90 Å². The Bertz CT molecular complexity index is 574. The number of rotatable bonds is 1. The molecule has 2 aliphatic rings. The fourth-order valence-corrected chi connectivity index (χ4v) is 4.38. The number of carboxylic acid groups (broad SMARTS) is 1. The lowest BCUT2D eigenvalue weighted by atomic mass is 9.85. The van der Waals surface area contributed by atoms with Crippen LogP contribution in [0.25, 0.3) is 0 Å². The van der Waals surface area contributed by atoms with E-state index in [1.807, 2.05) is 6.07 Å². The van der Waals surface area contributed by atoms with Crippen molar-refractivity contribution in [3.05, 3.63) is 21.4 Å². The standard InChI is InChI=1S/C14H17NO5S/c1-19-12(16)10-8-9-2-7-20-14(11(9)21-10)3-5-15(6-4-14)13(17)18/h8H,2-7H2,1H3,(H,17,18). The summed E-state index contributed by atoms with van der Waals surface area (Å²) in [5.74, 6) is -0.326. The number of likely N-dealkylation sites (tertiary alicyclic amines) is 1. The molecule has 1 aromatic heterocycles. The van der Waals surface area contributed by atoms with Crippen LogP contribution in [0.3, 0.4) is 0 Å². The number of nitrogens with zero attached hydrogens (tertiary/aromatic N) is 1. The molecule has 1 N–H and O–H groups in total. The molecule has 21 heavy (non-hydrogen) atoms. The van der Waals surface area contributed by atoms with Gasteiger partial charge in [-0.05, 0) is 30.9 Å². The van der Waals surface area contributed by atoms with Crippen LogP contribution >= 0.6 is 11.3 Å². The summed E-state index contributed by atoms with van der Waals surface area (Å²) in [5.41, 5.74) is 0.701. The van der Waals surface area contributed by atoms with Gasteiger partial charge in [0.15, 0.2) is 0 Å². The lowest BCUT2D eigenvalue weighted by Gasteiger charge is -2.42. The molecule has 1 spiro atoms. The predicted molar refractivity (Wildman–Crippen MR) is 75.8 cm³/mol. The first-order chi connectivity index (χ1) is 10.1. The number of fused-ring (bicyclic) bond motifs is 2. The van der Waals surface area contributed by atoms with E-state index in [1.54, 1.807) is 0 Å². The van der Waals surface area contributed by atoms with Gasteiger partial charge in [-0.15, -0.1) is 11.3 Å². The number of hydrogen-bond donors (Lipinski definition) is 1. The summed E-state index contributed by atoms with van der Waals surface area (Å²) < 4.78 is 10.8. The average Bonchev–Trinajstić information content (AvgIpc) is 2.93. The minimum Gasteiger partial charge on any atom is -0.465 e. The Morgan fingerprint density at radius 3 is 2.76 bits per heavy atom. The van der Waals surface area contributed by atoms with Crippen LogP contribution in [-0.4, -0.2) is 48.9 Å². The zero-order chi connectivity index (χ0) is 15.0. The number of thiophene rings is 1. The summed E-state index contributed by atoms with van der Waals surface area (Å²) in [6.45, 7) is 1.53. The molecule has 1 aromatic rings. The van der Waals surface area contributed by atoms with Crippen molar-refractivity contribution in [1.29, 1.82) is 0 Å². The number of carbonyl (C=O) groups excluding carboxylic acids is 1. The summed E-state index contributed by atoms with van der Waals surface area (Å²) in [6, 6.07) is 1.89. The van der Waals surface area contributed by atoms with Crippen LogP contribution in [0.4, 0.5) is 4.79 Å². The van der Waals surface area contributed by atoms with Gasteiger partial charge in [0.1, 0.15) is 10.5 Å². The minimum atomic E-state index is -0.887. The van der Waals surface area contributed by atoms with Crippen molar-refractivity contribution in [3.63, 3.8) is 0 Å². The highest BCUT2D eigenvalue weighted by Crippen LogP contribution is 2.45. The van der Waals surface area contributed by atoms with E-state index in [2.05, 4.69) is 0 Å². The van der Waals surface area contributed by atoms with E-state index in [9.17, 15) is 9.59 Å². The summed E-state index contributed by atoms with van der Waals surface area (Å²) in [7, 11) is 1.37. The molecule has 0 saturated carbocycles. The zero-order valence-corrected chi connectivity index (χ0v) is 12.6. The lowest BCUT2D eigenvalue weighted by Crippen LogP contribution is -2.47. The van der Waals surface area contributed by atoms with Crippen LogP contribution in [0, 0.1) is 0 Å². The molecule has 0 radical (unpaired) electrons. The number of methoxy groups -OCH3 is 1. The lowest BCUT2D eigenvalue weighted by molar-refractivity contribution is -0.0914. The van der Waals surface area contributed by atoms with Gasteiger partial charge in [-0.2, -0.15) is 0 Å². The third-order valence-corrected chi connectivity index (χ3v) is 5.54. The molecule has 6 nitrogen and oxygen atoms in total. The second-order valence-electron chi connectivity index (χ2n) is 5.32. The Morgan fingerprint density at radius 1 is 1.43 bits per heavy atom. The van der Waals surface area contributed by atoms with E-state index in [4.69, 9.17) is 14.6 Å². The molecule has 7 heteroatoms. The number of amides is 1. The van der Waals surface area contributed by atoms with Crippen LogP contribution < -0.4 is 0 Å². The molecule has 0 bridgehead atoms. The maximum absolute atomic E-state index is 11.7. The van der Waals surface area contributed by atoms with Gasteiger partial charge in [-0.25, -0.2) is 9.59 Å². The van der Waals surface area contributed by atoms with E-state index in [0.717, 1.165) is 16.9 Å². The Kier molecular flexibility index (Phi) is 3.62. The van der Waals surface area contributed by atoms with Crippen LogP contribution in [0.2, 0.25) is 0 Å². The number of ether oxygens (including phenoxy) is 2. The Labute approximate surface area is 126 Å². The van der Waals surface area contributed by atoms with E-state index < -0.39 is 11.7 Å². The molecule has 3 heterocycles. The van der Waals surface area contributed by atoms with E-state index in [-0.39, 0.29) is 5.97 Å². The molecule has 2 aliphatic heterocycles. The fraction of sp³-hybridized carbons (Fsp3) is 0.571. The van der Waals surface area contributed by atoms with E-state index in [0.29, 0.717) is 37.4 Å². The van der Waals surface area contributed by atoms with Crippen molar-refractivity contribution >= 4 is 23.4 Å². The normalized spacial score (nSPS) is 20.1. The topological polar surface area (TPSA) is 76.1 Å². The molecule has 1 fully saturated rings. The SMILES string of the molecule is COC(=O)c1cc2c(s1)C1(CCN(C(=O)O)CC1)OCC2. The largest absolute Gasteiger partial charge is 0.465 e. The molecule has 0 aromatic carbocycles. The van der Waals surface area contributed by atoms with Gasteiger partial charge >= 0.3 is 12.1 Å². The van der Waals surface area contributed by atoms with Crippen molar-refractivity contribution in [3.8, 4) is 0 Å². The van der Waals surface area contributed by atoms with Crippen LogP contribution in [0.5, 0.6) is 0 Å². The highest BCUT2D eigenvalue weighted by Gasteiger charge is 2.43. The summed E-state index contributed by atoms with van der Waals surface area (Å²) >= 11 is 1.42. The quantitative estimate of drug-likeness (QED) is 0.804. The summed E-state index contributed by atoms with van der Waals surface area (Å²) in [4.78, 5) is 25.8. The Hall–Kier alpha value is -1.60. The van der Waals surface area contributed by atoms with Crippen molar-refractivity contribution in [2.45, 2.75) is 24.9 Å². The molecule has 0 unspecified atom stereocenters. The Balaban J connectivity index is 1.88. The van der Waals surface area contributed by atoms with Crippen LogP contribution in [0.15, 0.2) is 6.07 Å². The Morgan fingerprint density at radius 2 is 2.14 bits per heavy atom. The molecule has 3 rings (SSSR count). The highest BCUT2D eigenvalue weighted by atomic mass is 32.1. The van der Waals surface area contributed by atoms with Gasteiger partial charge in [0, 0.05) is 18.0 Å². The predicted octanol–water partition coefficient (Wildman–Crippen LogP) is 2.08. The summed E-state index contributed by atoms with van der Waals surface area (Å²) in [5, 5.41) is 9.06. The first-order valence-electron chi connectivity index (χ1n) is 6.89. The number of piperidine rings is 1. The van der Waals surface area contributed by atoms with Crippen LogP contribution in [-0.2, 0) is 21.5 Å². The molecule has 0 atom stereocenters. The maximum Gasteiger partial charge on any atom is 0.407 e. The molecule has 0 aliphatic carbocycles. The van der Waals surface area contributed by atoms with E-state index in [1.165, 1.54) is 23.3 Å². The zero-order valence-electron chi connectivity index (χ0n) is 11.8. The number of hydrogen-bond acceptors (Lipinski definition) is 5. The van der Waals surface area contributed by atoms with Gasteiger partial charge in [-0.3, -0.25) is 0 Å². The van der Waals surface area contributed by atoms with Crippen molar-refractivity contribution in [2.24, 2.45) is 0 Å². The first-order valence-corrected chi connectivity index (χ1v) is 7.71. The first kappa shape index (κ1) is 14.3. The van der Waals surface area contributed by atoms with Crippen molar-refractivity contribution in [2.75, 3.05) is 26.8 Å². The second-order valence-corrected chi connectivity index (χ2v) is 6.37. The minimum absolute atomic E-state index is 0.326. The second kappa shape index (κ2) is 5.31. The van der Waals surface area contributed by atoms with E-state index >= 15 is 0 Å². The van der Waals surface area contributed by atoms with Gasteiger partial charge in [0.2, 0.25) is 0 Å². The smallest absolute Gasteiger partial charge is 0.407 e. The number of esters is 1. The molecular formula is C14H17NO5S. The third-order valence-electron chi connectivity index (χ3n) is 4.20. The van der Waals surface area contributed by atoms with Gasteiger partial charge < -0.3 is 19.5 Å². The monoisotopic (exact) mass is 311 g/mol. The summed E-state index contributed by atoms with van der Waals surface area (Å²) in [6.07, 6.45) is 1.16. The van der Waals surface area contributed by atoms with Crippen LogP contribution in [0.1, 0.15) is 33.0 Å². The highest BCUT2D eigenvalue weighted by molar-refractivity contribution is 7.14. The van der Waals surface area contributed by atoms with Gasteiger partial charge in [0.05, 0.1) is 13.7 Å². The maximum atomic E-state index is 11.7. The van der Waals surface area contributed by atoms with Gasteiger partial charge in [-0.1, -0.05) is 0 Å². The average molecular weight is 311 g/mol. The molecule has 1 amide bonds. The molecule has 114 valence electrons.